The Morgan fingerprint density at radius 1 is 1.12 bits per heavy atom. The van der Waals surface area contributed by atoms with E-state index in [1.807, 2.05) is 60.7 Å². The summed E-state index contributed by atoms with van der Waals surface area (Å²) in [5.74, 6) is 0.690. The summed E-state index contributed by atoms with van der Waals surface area (Å²) in [4.78, 5) is 12.3. The van der Waals surface area contributed by atoms with E-state index < -0.39 is 6.04 Å². The maximum Gasteiger partial charge on any atom is 0.244 e. The van der Waals surface area contributed by atoms with Crippen molar-refractivity contribution < 1.29 is 9.53 Å². The van der Waals surface area contributed by atoms with E-state index in [4.69, 9.17) is 4.74 Å². The van der Waals surface area contributed by atoms with Crippen molar-refractivity contribution in [2.45, 2.75) is 26.0 Å². The summed E-state index contributed by atoms with van der Waals surface area (Å²) in [5, 5.41) is 11.0. The van der Waals surface area contributed by atoms with Crippen LogP contribution in [0.4, 0.5) is 0 Å². The maximum atomic E-state index is 12.3. The minimum absolute atomic E-state index is 0.0821. The number of hydrogen-bond donors (Lipinski definition) is 1. The molecule has 0 bridgehead atoms. The molecule has 1 atom stereocenters. The van der Waals surface area contributed by atoms with Crippen LogP contribution in [0.1, 0.15) is 24.2 Å². The van der Waals surface area contributed by atoms with E-state index >= 15 is 0 Å². The summed E-state index contributed by atoms with van der Waals surface area (Å²) in [6, 6.07) is 19.2. The fourth-order valence-electron chi connectivity index (χ4n) is 2.49. The second-order valence-electron chi connectivity index (χ2n) is 5.99. The zero-order valence-corrected chi connectivity index (χ0v) is 14.7. The highest BCUT2D eigenvalue weighted by atomic mass is 16.5. The van der Waals surface area contributed by atoms with Gasteiger partial charge < -0.3 is 10.1 Å². The van der Waals surface area contributed by atoms with E-state index in [0.717, 1.165) is 12.2 Å². The van der Waals surface area contributed by atoms with Crippen LogP contribution in [0.3, 0.4) is 0 Å². The first kappa shape index (κ1) is 17.7. The first-order chi connectivity index (χ1) is 12.7. The summed E-state index contributed by atoms with van der Waals surface area (Å²) in [6.45, 7) is 2.70. The van der Waals surface area contributed by atoms with E-state index in [1.54, 1.807) is 17.8 Å². The molecule has 1 heterocycles. The number of carbonyl (C=O) groups is 1. The first-order valence-electron chi connectivity index (χ1n) is 8.62. The predicted octanol–water partition coefficient (Wildman–Crippen LogP) is 2.78. The Hall–Kier alpha value is -3.15. The summed E-state index contributed by atoms with van der Waals surface area (Å²) < 4.78 is 7.20. The standard InChI is InChI=1S/C20H22N4O2/c1-16(20(25)21-13-12-17-8-4-2-5-9-17)24-14-18(22-23-24)15-26-19-10-6-3-7-11-19/h2-11,14,16H,12-13,15H2,1H3,(H,21,25). The second-order valence-corrected chi connectivity index (χ2v) is 5.99. The fourth-order valence-corrected chi connectivity index (χ4v) is 2.49. The molecule has 0 saturated carbocycles. The molecule has 0 radical (unpaired) electrons. The van der Waals surface area contributed by atoms with Gasteiger partial charge in [-0.3, -0.25) is 4.79 Å². The summed E-state index contributed by atoms with van der Waals surface area (Å²) >= 11 is 0. The Kier molecular flexibility index (Phi) is 5.98. The van der Waals surface area contributed by atoms with Crippen LogP contribution >= 0.6 is 0 Å². The van der Waals surface area contributed by atoms with Crippen LogP contribution in [0.15, 0.2) is 66.9 Å². The Bertz CT molecular complexity index is 818. The van der Waals surface area contributed by atoms with Crippen molar-refractivity contribution >= 4 is 5.91 Å². The number of para-hydroxylation sites is 1. The number of carbonyl (C=O) groups excluding carboxylic acids is 1. The second kappa shape index (κ2) is 8.80. The lowest BCUT2D eigenvalue weighted by Crippen LogP contribution is -2.32. The zero-order chi connectivity index (χ0) is 18.2. The lowest BCUT2D eigenvalue weighted by Gasteiger charge is -2.12. The average Bonchev–Trinajstić information content (AvgIpc) is 3.16. The van der Waals surface area contributed by atoms with Crippen LogP contribution in [0.2, 0.25) is 0 Å². The molecule has 1 unspecified atom stereocenters. The molecule has 2 aromatic carbocycles. The predicted molar refractivity (Wildman–Crippen MR) is 98.7 cm³/mol. The minimum atomic E-state index is -0.427. The van der Waals surface area contributed by atoms with Crippen LogP contribution in [-0.2, 0) is 17.8 Å². The van der Waals surface area contributed by atoms with Gasteiger partial charge in [0, 0.05) is 6.54 Å². The molecule has 1 N–H and O–H groups in total. The normalized spacial score (nSPS) is 11.7. The average molecular weight is 350 g/mol. The van der Waals surface area contributed by atoms with Crippen LogP contribution in [0.25, 0.3) is 0 Å². The third-order valence-corrected chi connectivity index (χ3v) is 4.02. The van der Waals surface area contributed by atoms with Crippen molar-refractivity contribution in [1.82, 2.24) is 20.3 Å². The molecule has 0 spiro atoms. The molecular formula is C20H22N4O2. The molecule has 6 nitrogen and oxygen atoms in total. The molecular weight excluding hydrogens is 328 g/mol. The van der Waals surface area contributed by atoms with Crippen LogP contribution in [0, 0.1) is 0 Å². The zero-order valence-electron chi connectivity index (χ0n) is 14.7. The molecule has 0 fully saturated rings. The van der Waals surface area contributed by atoms with E-state index in [9.17, 15) is 4.79 Å². The summed E-state index contributed by atoms with van der Waals surface area (Å²) in [5.41, 5.74) is 1.87. The molecule has 3 rings (SSSR count). The number of ether oxygens (including phenoxy) is 1. The molecule has 0 saturated heterocycles. The lowest BCUT2D eigenvalue weighted by molar-refractivity contribution is -0.124. The van der Waals surface area contributed by atoms with E-state index in [-0.39, 0.29) is 5.91 Å². The highest BCUT2D eigenvalue weighted by Gasteiger charge is 2.16. The third kappa shape index (κ3) is 4.92. The van der Waals surface area contributed by atoms with Gasteiger partial charge in [-0.2, -0.15) is 0 Å². The number of nitrogens with one attached hydrogen (secondary N) is 1. The van der Waals surface area contributed by atoms with Gasteiger partial charge in [0.1, 0.15) is 24.1 Å². The highest BCUT2D eigenvalue weighted by molar-refractivity contribution is 5.79. The Labute approximate surface area is 152 Å². The van der Waals surface area contributed by atoms with Crippen molar-refractivity contribution in [2.75, 3.05) is 6.54 Å². The molecule has 134 valence electrons. The quantitative estimate of drug-likeness (QED) is 0.678. The number of aromatic nitrogens is 3. The molecule has 1 aromatic heterocycles. The number of hydrogen-bond acceptors (Lipinski definition) is 4. The van der Waals surface area contributed by atoms with Gasteiger partial charge >= 0.3 is 0 Å². The minimum Gasteiger partial charge on any atom is -0.487 e. The number of rotatable bonds is 8. The maximum absolute atomic E-state index is 12.3. The summed E-state index contributed by atoms with van der Waals surface area (Å²) in [7, 11) is 0. The smallest absolute Gasteiger partial charge is 0.244 e. The highest BCUT2D eigenvalue weighted by Crippen LogP contribution is 2.11. The summed E-state index contributed by atoms with van der Waals surface area (Å²) in [6.07, 6.45) is 2.54. The Morgan fingerprint density at radius 2 is 1.81 bits per heavy atom. The van der Waals surface area contributed by atoms with Gasteiger partial charge in [0.15, 0.2) is 0 Å². The lowest BCUT2D eigenvalue weighted by atomic mass is 10.1. The first-order valence-corrected chi connectivity index (χ1v) is 8.62. The van der Waals surface area contributed by atoms with E-state index in [0.29, 0.717) is 18.8 Å². The largest absolute Gasteiger partial charge is 0.487 e. The van der Waals surface area contributed by atoms with E-state index in [1.165, 1.54) is 5.56 Å². The third-order valence-electron chi connectivity index (χ3n) is 4.02. The van der Waals surface area contributed by atoms with Gasteiger partial charge in [0.2, 0.25) is 5.91 Å². The SMILES string of the molecule is CC(C(=O)NCCc1ccccc1)n1cc(COc2ccccc2)nn1. The topological polar surface area (TPSA) is 69.0 Å². The molecule has 0 aliphatic heterocycles. The number of amides is 1. The molecule has 0 aliphatic carbocycles. The van der Waals surface area contributed by atoms with Crippen molar-refractivity contribution in [3.05, 3.63) is 78.1 Å². The molecule has 6 heteroatoms. The van der Waals surface area contributed by atoms with Crippen LogP contribution < -0.4 is 10.1 Å². The van der Waals surface area contributed by atoms with Crippen LogP contribution in [-0.4, -0.2) is 27.4 Å². The molecule has 26 heavy (non-hydrogen) atoms. The molecule has 0 aliphatic rings. The van der Waals surface area contributed by atoms with Gasteiger partial charge in [-0.25, -0.2) is 4.68 Å². The monoisotopic (exact) mass is 350 g/mol. The van der Waals surface area contributed by atoms with Gasteiger partial charge in [-0.15, -0.1) is 5.10 Å². The van der Waals surface area contributed by atoms with Gasteiger partial charge in [0.25, 0.3) is 0 Å². The van der Waals surface area contributed by atoms with E-state index in [2.05, 4.69) is 15.6 Å². The Balaban J connectivity index is 1.47. The van der Waals surface area contributed by atoms with Crippen molar-refractivity contribution in [1.29, 1.82) is 0 Å². The van der Waals surface area contributed by atoms with Gasteiger partial charge in [-0.1, -0.05) is 53.7 Å². The molecule has 3 aromatic rings. The van der Waals surface area contributed by atoms with Crippen molar-refractivity contribution in [3.63, 3.8) is 0 Å². The van der Waals surface area contributed by atoms with Gasteiger partial charge in [-0.05, 0) is 31.0 Å². The molecule has 1 amide bonds. The fraction of sp³-hybridized carbons (Fsp3) is 0.250. The van der Waals surface area contributed by atoms with Crippen LogP contribution in [0.5, 0.6) is 5.75 Å². The van der Waals surface area contributed by atoms with Crippen molar-refractivity contribution in [2.24, 2.45) is 0 Å². The Morgan fingerprint density at radius 3 is 2.54 bits per heavy atom. The van der Waals surface area contributed by atoms with Crippen molar-refractivity contribution in [3.8, 4) is 5.75 Å². The number of benzene rings is 2. The number of nitrogens with zero attached hydrogens (tertiary/aromatic N) is 3. The van der Waals surface area contributed by atoms with Gasteiger partial charge in [0.05, 0.1) is 6.20 Å².